The Hall–Kier alpha value is -3.60. The van der Waals surface area contributed by atoms with E-state index in [4.69, 9.17) is 0 Å². The highest BCUT2D eigenvalue weighted by molar-refractivity contribution is 5.97. The Kier molecular flexibility index (Phi) is 4.57. The molecule has 0 saturated heterocycles. The van der Waals surface area contributed by atoms with Crippen molar-refractivity contribution < 1.29 is 4.79 Å². The fourth-order valence-electron chi connectivity index (χ4n) is 3.29. The molecule has 0 radical (unpaired) electrons. The van der Waals surface area contributed by atoms with Crippen molar-refractivity contribution in [2.75, 3.05) is 0 Å². The summed E-state index contributed by atoms with van der Waals surface area (Å²) in [6.07, 6.45) is 0. The average Bonchev–Trinajstić information content (AvgIpc) is 3.14. The number of hydrogen-bond acceptors (Lipinski definition) is 2. The van der Waals surface area contributed by atoms with Crippen molar-refractivity contribution in [3.05, 3.63) is 100.0 Å². The van der Waals surface area contributed by atoms with Gasteiger partial charge in [0.1, 0.15) is 11.3 Å². The van der Waals surface area contributed by atoms with Gasteiger partial charge in [-0.2, -0.15) is 0 Å². The Labute approximate surface area is 162 Å². The van der Waals surface area contributed by atoms with Gasteiger partial charge < -0.3 is 10.3 Å². The summed E-state index contributed by atoms with van der Waals surface area (Å²) in [5.74, 6) is -0.213. The van der Waals surface area contributed by atoms with Crippen molar-refractivity contribution in [3.63, 3.8) is 0 Å². The van der Waals surface area contributed by atoms with E-state index in [1.54, 1.807) is 16.7 Å². The zero-order valence-electron chi connectivity index (χ0n) is 15.8. The number of nitrogens with one attached hydrogen (secondary N) is 2. The van der Waals surface area contributed by atoms with E-state index in [1.165, 1.54) is 6.07 Å². The molecule has 0 aliphatic heterocycles. The lowest BCUT2D eigenvalue weighted by Gasteiger charge is -2.13. The number of rotatable bonds is 4. The number of carbonyl (C=O) groups excluding carboxylic acids is 1. The molecule has 0 bridgehead atoms. The molecule has 2 N–H and O–H groups in total. The Morgan fingerprint density at radius 1 is 1.00 bits per heavy atom. The molecule has 1 atom stereocenters. The van der Waals surface area contributed by atoms with Gasteiger partial charge in [0.2, 0.25) is 0 Å². The normalized spacial score (nSPS) is 12.1. The largest absolute Gasteiger partial charge is 0.344 e. The number of fused-ring (bicyclic) bond motifs is 1. The third kappa shape index (κ3) is 3.34. The zero-order valence-corrected chi connectivity index (χ0v) is 15.8. The second-order valence-electron chi connectivity index (χ2n) is 6.94. The van der Waals surface area contributed by atoms with Gasteiger partial charge in [0.05, 0.1) is 11.7 Å². The monoisotopic (exact) mass is 371 g/mol. The summed E-state index contributed by atoms with van der Waals surface area (Å²) in [5.41, 5.74) is 3.78. The Morgan fingerprint density at radius 3 is 2.43 bits per heavy atom. The first-order chi connectivity index (χ1) is 13.5. The zero-order chi connectivity index (χ0) is 19.7. The highest BCUT2D eigenvalue weighted by Gasteiger charge is 2.16. The lowest BCUT2D eigenvalue weighted by atomic mass is 10.1. The maximum atomic E-state index is 12.7. The van der Waals surface area contributed by atoms with Crippen molar-refractivity contribution in [1.29, 1.82) is 0 Å². The summed E-state index contributed by atoms with van der Waals surface area (Å²) in [6, 6.07) is 22.4. The molecule has 140 valence electrons. The van der Waals surface area contributed by atoms with Crippen molar-refractivity contribution in [3.8, 4) is 5.69 Å². The van der Waals surface area contributed by atoms with Crippen molar-refractivity contribution >= 4 is 16.9 Å². The van der Waals surface area contributed by atoms with Crippen LogP contribution < -0.4 is 10.9 Å². The summed E-state index contributed by atoms with van der Waals surface area (Å²) < 4.78 is 1.59. The second kappa shape index (κ2) is 7.19. The van der Waals surface area contributed by atoms with Gasteiger partial charge in [-0.3, -0.25) is 14.2 Å². The minimum Gasteiger partial charge on any atom is -0.344 e. The number of benzene rings is 2. The van der Waals surface area contributed by atoms with E-state index >= 15 is 0 Å². The lowest BCUT2D eigenvalue weighted by Crippen LogP contribution is -2.27. The smallest absolute Gasteiger partial charge is 0.268 e. The molecule has 2 aromatic carbocycles. The number of carbonyl (C=O) groups is 1. The van der Waals surface area contributed by atoms with Crippen LogP contribution in [0.2, 0.25) is 0 Å². The van der Waals surface area contributed by atoms with Gasteiger partial charge in [-0.1, -0.05) is 48.0 Å². The number of aromatic nitrogens is 2. The van der Waals surface area contributed by atoms with Crippen LogP contribution in [0.3, 0.4) is 0 Å². The third-order valence-electron chi connectivity index (χ3n) is 4.86. The van der Waals surface area contributed by atoms with Gasteiger partial charge >= 0.3 is 0 Å². The summed E-state index contributed by atoms with van der Waals surface area (Å²) in [7, 11) is 0. The van der Waals surface area contributed by atoms with Crippen LogP contribution in [0.5, 0.6) is 0 Å². The second-order valence-corrected chi connectivity index (χ2v) is 6.94. The number of H-pyrrole nitrogens is 1. The highest BCUT2D eigenvalue weighted by atomic mass is 16.2. The molecule has 5 heteroatoms. The Bertz CT molecular complexity index is 1190. The average molecular weight is 371 g/mol. The van der Waals surface area contributed by atoms with Gasteiger partial charge in [0, 0.05) is 11.5 Å². The Morgan fingerprint density at radius 2 is 1.71 bits per heavy atom. The SMILES string of the molecule is Cc1ccc(-n2c(=O)ccc3cc(C(=O)NC(C)c4ccccc4)[nH]c32)cc1. The van der Waals surface area contributed by atoms with E-state index in [-0.39, 0.29) is 17.5 Å². The Balaban J connectivity index is 1.70. The molecule has 1 unspecified atom stereocenters. The van der Waals surface area contributed by atoms with E-state index in [2.05, 4.69) is 10.3 Å². The van der Waals surface area contributed by atoms with Crippen LogP contribution >= 0.6 is 0 Å². The number of aromatic amines is 1. The van der Waals surface area contributed by atoms with Crippen LogP contribution in [-0.4, -0.2) is 15.5 Å². The topological polar surface area (TPSA) is 66.9 Å². The standard InChI is InChI=1S/C23H21N3O2/c1-15-8-11-19(12-9-15)26-21(27)13-10-18-14-20(25-22(18)26)23(28)24-16(2)17-6-4-3-5-7-17/h3-14,16,25H,1-2H3,(H,24,28). The van der Waals surface area contributed by atoms with Crippen molar-refractivity contribution in [2.24, 2.45) is 0 Å². The minimum absolute atomic E-state index is 0.126. The molecular formula is C23H21N3O2. The van der Waals surface area contributed by atoms with Crippen LogP contribution in [0.15, 0.2) is 77.6 Å². The van der Waals surface area contributed by atoms with Crippen molar-refractivity contribution in [2.45, 2.75) is 19.9 Å². The molecule has 4 rings (SSSR count). The third-order valence-corrected chi connectivity index (χ3v) is 4.86. The van der Waals surface area contributed by atoms with Crippen LogP contribution in [0.25, 0.3) is 16.7 Å². The van der Waals surface area contributed by atoms with E-state index in [0.717, 1.165) is 22.2 Å². The van der Waals surface area contributed by atoms with E-state index in [0.29, 0.717) is 11.3 Å². The molecular weight excluding hydrogens is 350 g/mol. The minimum atomic E-state index is -0.213. The van der Waals surface area contributed by atoms with E-state index in [9.17, 15) is 9.59 Å². The fraction of sp³-hybridized carbons (Fsp3) is 0.130. The molecule has 2 aromatic heterocycles. The quantitative estimate of drug-likeness (QED) is 0.567. The van der Waals surface area contributed by atoms with Gasteiger partial charge in [0.25, 0.3) is 11.5 Å². The number of amides is 1. The predicted molar refractivity (Wildman–Crippen MR) is 111 cm³/mol. The first kappa shape index (κ1) is 17.8. The first-order valence-corrected chi connectivity index (χ1v) is 9.20. The van der Waals surface area contributed by atoms with Crippen LogP contribution in [-0.2, 0) is 0 Å². The predicted octanol–water partition coefficient (Wildman–Crippen LogP) is 4.12. The highest BCUT2D eigenvalue weighted by Crippen LogP contribution is 2.19. The molecule has 4 aromatic rings. The maximum absolute atomic E-state index is 12.7. The van der Waals surface area contributed by atoms with Gasteiger partial charge in [-0.05, 0) is 43.7 Å². The van der Waals surface area contributed by atoms with Crippen molar-refractivity contribution in [1.82, 2.24) is 14.9 Å². The molecule has 2 heterocycles. The number of hydrogen-bond donors (Lipinski definition) is 2. The fourth-order valence-corrected chi connectivity index (χ4v) is 3.29. The summed E-state index contributed by atoms with van der Waals surface area (Å²) in [4.78, 5) is 28.4. The van der Waals surface area contributed by atoms with Crippen LogP contribution in [0, 0.1) is 6.92 Å². The lowest BCUT2D eigenvalue weighted by molar-refractivity contribution is 0.0935. The van der Waals surface area contributed by atoms with Crippen LogP contribution in [0.1, 0.15) is 34.6 Å². The molecule has 1 amide bonds. The summed E-state index contributed by atoms with van der Waals surface area (Å²) in [6.45, 7) is 3.94. The number of aryl methyl sites for hydroxylation is 1. The molecule has 0 saturated carbocycles. The molecule has 5 nitrogen and oxygen atoms in total. The van der Waals surface area contributed by atoms with Gasteiger partial charge in [-0.15, -0.1) is 0 Å². The van der Waals surface area contributed by atoms with Crippen LogP contribution in [0.4, 0.5) is 0 Å². The first-order valence-electron chi connectivity index (χ1n) is 9.20. The molecule has 0 spiro atoms. The maximum Gasteiger partial charge on any atom is 0.268 e. The molecule has 0 aliphatic carbocycles. The summed E-state index contributed by atoms with van der Waals surface area (Å²) in [5, 5.41) is 3.80. The molecule has 0 aliphatic rings. The number of pyridine rings is 1. The van der Waals surface area contributed by atoms with E-state index < -0.39 is 0 Å². The molecule has 0 fully saturated rings. The van der Waals surface area contributed by atoms with E-state index in [1.807, 2.05) is 68.4 Å². The van der Waals surface area contributed by atoms with Gasteiger partial charge in [-0.25, -0.2) is 0 Å². The molecule has 28 heavy (non-hydrogen) atoms. The van der Waals surface area contributed by atoms with Gasteiger partial charge in [0.15, 0.2) is 0 Å². The summed E-state index contributed by atoms with van der Waals surface area (Å²) >= 11 is 0. The number of nitrogens with zero attached hydrogens (tertiary/aromatic N) is 1.